The lowest BCUT2D eigenvalue weighted by Crippen LogP contribution is -2.02. The molecule has 3 rings (SSSR count). The smallest absolute Gasteiger partial charge is 0.0858 e. The zero-order chi connectivity index (χ0) is 13.9. The highest BCUT2D eigenvalue weighted by molar-refractivity contribution is 5.48. The van der Waals surface area contributed by atoms with Crippen LogP contribution in [0.2, 0.25) is 0 Å². The lowest BCUT2D eigenvalue weighted by Gasteiger charge is -2.07. The number of hydrogen-bond donors (Lipinski definition) is 2. The van der Waals surface area contributed by atoms with E-state index in [1.165, 1.54) is 5.56 Å². The number of aryl methyl sites for hydroxylation is 2. The maximum absolute atomic E-state index is 4.19. The molecule has 0 saturated carbocycles. The van der Waals surface area contributed by atoms with E-state index < -0.39 is 0 Å². The van der Waals surface area contributed by atoms with Gasteiger partial charge in [-0.3, -0.25) is 5.10 Å². The first-order chi connectivity index (χ1) is 9.74. The van der Waals surface area contributed by atoms with E-state index in [0.29, 0.717) is 0 Å². The SMILES string of the molecule is Cc1n[nH]c(C)c1CNc1ccc(-n2nccn2)cc1. The van der Waals surface area contributed by atoms with Crippen molar-refractivity contribution in [2.45, 2.75) is 20.4 Å². The van der Waals surface area contributed by atoms with Crippen LogP contribution in [0.3, 0.4) is 0 Å². The van der Waals surface area contributed by atoms with E-state index in [0.717, 1.165) is 29.3 Å². The molecule has 0 fully saturated rings. The van der Waals surface area contributed by atoms with Crippen LogP contribution in [0.15, 0.2) is 36.7 Å². The zero-order valence-corrected chi connectivity index (χ0v) is 11.5. The molecule has 0 aliphatic rings. The Morgan fingerprint density at radius 2 is 1.80 bits per heavy atom. The van der Waals surface area contributed by atoms with E-state index in [1.54, 1.807) is 17.2 Å². The van der Waals surface area contributed by atoms with E-state index in [1.807, 2.05) is 38.1 Å². The molecular formula is C14H16N6. The van der Waals surface area contributed by atoms with Crippen LogP contribution in [0.25, 0.3) is 5.69 Å². The molecule has 0 saturated heterocycles. The second-order valence-electron chi connectivity index (χ2n) is 4.63. The summed E-state index contributed by atoms with van der Waals surface area (Å²) in [7, 11) is 0. The van der Waals surface area contributed by atoms with Crippen LogP contribution in [-0.2, 0) is 6.54 Å². The standard InChI is InChI=1S/C14H16N6/c1-10-14(11(2)19-18-10)9-15-12-3-5-13(6-4-12)20-16-7-8-17-20/h3-8,15H,9H2,1-2H3,(H,18,19). The Kier molecular flexibility index (Phi) is 3.20. The summed E-state index contributed by atoms with van der Waals surface area (Å²) >= 11 is 0. The molecule has 1 aromatic carbocycles. The molecule has 0 radical (unpaired) electrons. The average molecular weight is 268 g/mol. The van der Waals surface area contributed by atoms with Gasteiger partial charge in [0.25, 0.3) is 0 Å². The van der Waals surface area contributed by atoms with Crippen LogP contribution in [0.1, 0.15) is 17.0 Å². The topological polar surface area (TPSA) is 71.4 Å². The number of hydrogen-bond acceptors (Lipinski definition) is 4. The predicted molar refractivity (Wildman–Crippen MR) is 76.7 cm³/mol. The van der Waals surface area contributed by atoms with Crippen LogP contribution in [0.5, 0.6) is 0 Å². The molecule has 0 atom stereocenters. The fourth-order valence-corrected chi connectivity index (χ4v) is 2.09. The van der Waals surface area contributed by atoms with Gasteiger partial charge in [0.1, 0.15) is 0 Å². The van der Waals surface area contributed by atoms with Gasteiger partial charge in [-0.25, -0.2) is 0 Å². The Morgan fingerprint density at radius 1 is 1.10 bits per heavy atom. The molecule has 0 unspecified atom stereocenters. The molecule has 0 amide bonds. The molecule has 0 aliphatic carbocycles. The summed E-state index contributed by atoms with van der Waals surface area (Å²) in [5.41, 5.74) is 5.35. The number of nitrogens with zero attached hydrogens (tertiary/aromatic N) is 4. The van der Waals surface area contributed by atoms with E-state index in [-0.39, 0.29) is 0 Å². The third kappa shape index (κ3) is 2.40. The second kappa shape index (κ2) is 5.16. The molecule has 20 heavy (non-hydrogen) atoms. The van der Waals surface area contributed by atoms with Gasteiger partial charge in [-0.1, -0.05) is 0 Å². The summed E-state index contributed by atoms with van der Waals surface area (Å²) in [6, 6.07) is 8.00. The minimum atomic E-state index is 0.757. The van der Waals surface area contributed by atoms with Crippen molar-refractivity contribution in [2.24, 2.45) is 0 Å². The summed E-state index contributed by atoms with van der Waals surface area (Å²) in [5.74, 6) is 0. The van der Waals surface area contributed by atoms with E-state index in [9.17, 15) is 0 Å². The van der Waals surface area contributed by atoms with Gasteiger partial charge in [0.2, 0.25) is 0 Å². The number of H-pyrrole nitrogens is 1. The highest BCUT2D eigenvalue weighted by Gasteiger charge is 2.05. The molecule has 2 aromatic heterocycles. The maximum atomic E-state index is 4.19. The molecule has 2 heterocycles. The molecule has 102 valence electrons. The van der Waals surface area contributed by atoms with Crippen molar-refractivity contribution in [1.29, 1.82) is 0 Å². The largest absolute Gasteiger partial charge is 0.381 e. The van der Waals surface area contributed by atoms with Crippen molar-refractivity contribution in [1.82, 2.24) is 25.2 Å². The first kappa shape index (κ1) is 12.4. The first-order valence-corrected chi connectivity index (χ1v) is 6.45. The van der Waals surface area contributed by atoms with Crippen molar-refractivity contribution < 1.29 is 0 Å². The Bertz CT molecular complexity index is 662. The van der Waals surface area contributed by atoms with Gasteiger partial charge < -0.3 is 5.32 Å². The van der Waals surface area contributed by atoms with Crippen LogP contribution >= 0.6 is 0 Å². The van der Waals surface area contributed by atoms with Crippen molar-refractivity contribution in [3.63, 3.8) is 0 Å². The molecule has 0 bridgehead atoms. The van der Waals surface area contributed by atoms with Crippen LogP contribution in [0.4, 0.5) is 5.69 Å². The molecule has 2 N–H and O–H groups in total. The monoisotopic (exact) mass is 268 g/mol. The third-order valence-electron chi connectivity index (χ3n) is 3.27. The Balaban J connectivity index is 1.70. The number of aromatic amines is 1. The fourth-order valence-electron chi connectivity index (χ4n) is 2.09. The van der Waals surface area contributed by atoms with Gasteiger partial charge in [0.05, 0.1) is 23.8 Å². The van der Waals surface area contributed by atoms with E-state index in [4.69, 9.17) is 0 Å². The Labute approximate surface area is 116 Å². The lowest BCUT2D eigenvalue weighted by molar-refractivity contribution is 0.752. The van der Waals surface area contributed by atoms with Crippen LogP contribution < -0.4 is 5.32 Å². The number of benzene rings is 1. The zero-order valence-electron chi connectivity index (χ0n) is 11.5. The number of anilines is 1. The molecular weight excluding hydrogens is 252 g/mol. The van der Waals surface area contributed by atoms with Gasteiger partial charge in [-0.05, 0) is 38.1 Å². The summed E-state index contributed by atoms with van der Waals surface area (Å²) in [4.78, 5) is 1.59. The van der Waals surface area contributed by atoms with Gasteiger partial charge in [-0.2, -0.15) is 20.1 Å². The van der Waals surface area contributed by atoms with E-state index >= 15 is 0 Å². The maximum Gasteiger partial charge on any atom is 0.0858 e. The van der Waals surface area contributed by atoms with Crippen molar-refractivity contribution in [2.75, 3.05) is 5.32 Å². The molecule has 6 heteroatoms. The molecule has 0 spiro atoms. The van der Waals surface area contributed by atoms with E-state index in [2.05, 4.69) is 25.7 Å². The molecule has 3 aromatic rings. The van der Waals surface area contributed by atoms with Crippen molar-refractivity contribution in [3.05, 3.63) is 53.6 Å². The van der Waals surface area contributed by atoms with Crippen LogP contribution in [0, 0.1) is 13.8 Å². The van der Waals surface area contributed by atoms with Crippen molar-refractivity contribution in [3.8, 4) is 5.69 Å². The quantitative estimate of drug-likeness (QED) is 0.761. The first-order valence-electron chi connectivity index (χ1n) is 6.45. The van der Waals surface area contributed by atoms with Gasteiger partial charge in [-0.15, -0.1) is 0 Å². The van der Waals surface area contributed by atoms with Gasteiger partial charge in [0, 0.05) is 23.5 Å². The minimum absolute atomic E-state index is 0.757. The van der Waals surface area contributed by atoms with Crippen LogP contribution in [-0.4, -0.2) is 25.2 Å². The number of nitrogens with one attached hydrogen (secondary N) is 2. The predicted octanol–water partition coefficient (Wildman–Crippen LogP) is 2.22. The lowest BCUT2D eigenvalue weighted by atomic mass is 10.2. The fraction of sp³-hybridized carbons (Fsp3) is 0.214. The summed E-state index contributed by atoms with van der Waals surface area (Å²) in [6.45, 7) is 4.80. The molecule has 0 aliphatic heterocycles. The normalized spacial score (nSPS) is 10.7. The van der Waals surface area contributed by atoms with Crippen molar-refractivity contribution >= 4 is 5.69 Å². The summed E-state index contributed by atoms with van der Waals surface area (Å²) in [5, 5.41) is 18.8. The highest BCUT2D eigenvalue weighted by atomic mass is 15.5. The second-order valence-corrected chi connectivity index (χ2v) is 4.63. The Hall–Kier alpha value is -2.63. The summed E-state index contributed by atoms with van der Waals surface area (Å²) < 4.78 is 0. The third-order valence-corrected chi connectivity index (χ3v) is 3.27. The number of rotatable bonds is 4. The number of aromatic nitrogens is 5. The van der Waals surface area contributed by atoms with Gasteiger partial charge in [0.15, 0.2) is 0 Å². The highest BCUT2D eigenvalue weighted by Crippen LogP contribution is 2.15. The van der Waals surface area contributed by atoms with Gasteiger partial charge >= 0.3 is 0 Å². The minimum Gasteiger partial charge on any atom is -0.381 e. The Morgan fingerprint density at radius 3 is 2.40 bits per heavy atom. The summed E-state index contributed by atoms with van der Waals surface area (Å²) in [6.07, 6.45) is 3.33. The average Bonchev–Trinajstić information content (AvgIpc) is 3.09. The molecule has 6 nitrogen and oxygen atoms in total.